The van der Waals surface area contributed by atoms with Crippen molar-refractivity contribution >= 4 is 35.8 Å². The average molecular weight is 486 g/mol. The molecule has 27 heavy (non-hydrogen) atoms. The second-order valence-electron chi connectivity index (χ2n) is 6.31. The maximum atomic E-state index is 13.1. The molecule has 2 atom stereocenters. The highest BCUT2D eigenvalue weighted by Crippen LogP contribution is 2.36. The molecule has 0 unspecified atom stereocenters. The highest BCUT2D eigenvalue weighted by atomic mass is 127. The predicted octanol–water partition coefficient (Wildman–Crippen LogP) is 1.94. The molecule has 3 rings (SSSR count). The molecular weight excluding hydrogens is 462 g/mol. The lowest BCUT2D eigenvalue weighted by atomic mass is 9.96. The van der Waals surface area contributed by atoms with Gasteiger partial charge in [-0.25, -0.2) is 9.07 Å². The van der Waals surface area contributed by atoms with Gasteiger partial charge in [-0.3, -0.25) is 9.79 Å². The van der Waals surface area contributed by atoms with Gasteiger partial charge in [-0.05, 0) is 24.3 Å². The summed E-state index contributed by atoms with van der Waals surface area (Å²) in [5.41, 5.74) is 1.73. The molecule has 9 heteroatoms. The summed E-state index contributed by atoms with van der Waals surface area (Å²) in [4.78, 5) is 18.1. The van der Waals surface area contributed by atoms with Crippen LogP contribution in [-0.4, -0.2) is 54.2 Å². The minimum absolute atomic E-state index is 0. The van der Waals surface area contributed by atoms with Gasteiger partial charge in [-0.1, -0.05) is 0 Å². The van der Waals surface area contributed by atoms with Crippen LogP contribution in [0.15, 0.2) is 41.7 Å². The van der Waals surface area contributed by atoms with E-state index in [9.17, 15) is 9.18 Å². The molecule has 0 aliphatic carbocycles. The minimum Gasteiger partial charge on any atom is -0.359 e. The summed E-state index contributed by atoms with van der Waals surface area (Å²) in [6.45, 7) is 0.621. The Morgan fingerprint density at radius 3 is 2.70 bits per heavy atom. The Hall–Kier alpha value is -2.17. The number of hydrogen-bond donors (Lipinski definition) is 2. The molecule has 1 aliphatic heterocycles. The van der Waals surface area contributed by atoms with Crippen molar-refractivity contribution in [2.24, 2.45) is 10.9 Å². The molecule has 2 aromatic rings. The van der Waals surface area contributed by atoms with E-state index >= 15 is 0 Å². The lowest BCUT2D eigenvalue weighted by Crippen LogP contribution is -2.38. The van der Waals surface area contributed by atoms with Gasteiger partial charge in [0.15, 0.2) is 5.96 Å². The Morgan fingerprint density at radius 2 is 2.07 bits per heavy atom. The molecule has 1 amide bonds. The third-order valence-electron chi connectivity index (χ3n) is 4.72. The van der Waals surface area contributed by atoms with Crippen LogP contribution in [0.4, 0.5) is 4.39 Å². The largest absolute Gasteiger partial charge is 0.359 e. The molecule has 7 nitrogen and oxygen atoms in total. The number of carbonyl (C=O) groups is 1. The van der Waals surface area contributed by atoms with Gasteiger partial charge in [-0.15, -0.1) is 24.0 Å². The van der Waals surface area contributed by atoms with Crippen LogP contribution in [0.5, 0.6) is 0 Å². The number of halogens is 2. The van der Waals surface area contributed by atoms with Gasteiger partial charge in [0.1, 0.15) is 5.82 Å². The Kier molecular flexibility index (Phi) is 7.17. The zero-order chi connectivity index (χ0) is 18.7. The summed E-state index contributed by atoms with van der Waals surface area (Å²) in [5.74, 6) is 0.610. The van der Waals surface area contributed by atoms with Crippen molar-refractivity contribution in [3.63, 3.8) is 0 Å². The van der Waals surface area contributed by atoms with Crippen LogP contribution in [0.1, 0.15) is 18.0 Å². The quantitative estimate of drug-likeness (QED) is 0.394. The Balaban J connectivity index is 0.00000261. The summed E-state index contributed by atoms with van der Waals surface area (Å²) in [6.07, 6.45) is 4.13. The van der Waals surface area contributed by atoms with Gasteiger partial charge in [0, 0.05) is 51.8 Å². The van der Waals surface area contributed by atoms with Gasteiger partial charge in [0.05, 0.1) is 17.9 Å². The third kappa shape index (κ3) is 4.57. The van der Waals surface area contributed by atoms with Gasteiger partial charge in [-0.2, -0.15) is 5.10 Å². The first kappa shape index (κ1) is 21.1. The van der Waals surface area contributed by atoms with Crippen LogP contribution >= 0.6 is 24.0 Å². The maximum absolute atomic E-state index is 13.1. The van der Waals surface area contributed by atoms with Crippen molar-refractivity contribution in [1.29, 1.82) is 0 Å². The van der Waals surface area contributed by atoms with E-state index in [-0.39, 0.29) is 47.7 Å². The number of hydrogen-bond acceptors (Lipinski definition) is 3. The molecule has 1 aromatic heterocycles. The highest BCUT2D eigenvalue weighted by molar-refractivity contribution is 14.0. The van der Waals surface area contributed by atoms with E-state index in [0.717, 1.165) is 11.3 Å². The Morgan fingerprint density at radius 1 is 1.37 bits per heavy atom. The number of benzene rings is 1. The number of rotatable bonds is 4. The molecule has 2 heterocycles. The average Bonchev–Trinajstić information content (AvgIpc) is 3.22. The number of carbonyl (C=O) groups excluding carboxylic acids is 1. The number of nitrogens with one attached hydrogen (secondary N) is 2. The van der Waals surface area contributed by atoms with Crippen molar-refractivity contribution in [3.8, 4) is 5.69 Å². The second-order valence-corrected chi connectivity index (χ2v) is 6.31. The SMILES string of the molecule is CN=C(NC)NC[C@@H]1CC(=O)N(C)[C@H]1c1cnn(-c2ccc(F)cc2)c1.I. The van der Waals surface area contributed by atoms with Crippen LogP contribution in [0, 0.1) is 11.7 Å². The van der Waals surface area contributed by atoms with E-state index in [1.165, 1.54) is 12.1 Å². The lowest BCUT2D eigenvalue weighted by molar-refractivity contribution is -0.127. The normalized spacial score (nSPS) is 19.8. The molecule has 1 aromatic carbocycles. The highest BCUT2D eigenvalue weighted by Gasteiger charge is 2.39. The molecule has 0 bridgehead atoms. The fraction of sp³-hybridized carbons (Fsp3) is 0.389. The van der Waals surface area contributed by atoms with Crippen molar-refractivity contribution in [3.05, 3.63) is 48.0 Å². The first-order valence-corrected chi connectivity index (χ1v) is 8.48. The van der Waals surface area contributed by atoms with Crippen LogP contribution in [0.3, 0.4) is 0 Å². The van der Waals surface area contributed by atoms with E-state index in [4.69, 9.17) is 0 Å². The molecule has 1 fully saturated rings. The minimum atomic E-state index is -0.286. The fourth-order valence-electron chi connectivity index (χ4n) is 3.36. The van der Waals surface area contributed by atoms with Gasteiger partial charge >= 0.3 is 0 Å². The van der Waals surface area contributed by atoms with Crippen LogP contribution in [-0.2, 0) is 4.79 Å². The van der Waals surface area contributed by atoms with E-state index in [1.54, 1.807) is 42.0 Å². The number of aromatic nitrogens is 2. The summed E-state index contributed by atoms with van der Waals surface area (Å²) < 4.78 is 14.8. The smallest absolute Gasteiger partial charge is 0.223 e. The number of likely N-dealkylation sites (tertiary alicyclic amines) is 1. The van der Waals surface area contributed by atoms with Crippen LogP contribution < -0.4 is 10.6 Å². The molecule has 0 saturated carbocycles. The standard InChI is InChI=1S/C18H23FN6O.HI/c1-20-18(21-2)22-9-12-8-16(26)24(3)17(12)13-10-23-25(11-13)15-6-4-14(19)5-7-15;/h4-7,10-12,17H,8-9H2,1-3H3,(H2,20,21,22);1H/t12-,17+;/m0./s1. The first-order valence-electron chi connectivity index (χ1n) is 8.48. The van der Waals surface area contributed by atoms with Crippen LogP contribution in [0.2, 0.25) is 0 Å². The van der Waals surface area contributed by atoms with Crippen molar-refractivity contribution < 1.29 is 9.18 Å². The van der Waals surface area contributed by atoms with Gasteiger partial charge in [0.25, 0.3) is 0 Å². The third-order valence-corrected chi connectivity index (χ3v) is 4.72. The summed E-state index contributed by atoms with van der Waals surface area (Å²) in [6, 6.07) is 6.08. The molecule has 146 valence electrons. The molecule has 0 radical (unpaired) electrons. The Labute approximate surface area is 175 Å². The first-order chi connectivity index (χ1) is 12.5. The molecule has 0 spiro atoms. The maximum Gasteiger partial charge on any atom is 0.223 e. The Bertz CT molecular complexity index is 806. The molecule has 2 N–H and O–H groups in total. The van der Waals surface area contributed by atoms with Crippen molar-refractivity contribution in [2.45, 2.75) is 12.5 Å². The number of aliphatic imine (C=N–C) groups is 1. The molecule has 1 aliphatic rings. The summed E-state index contributed by atoms with van der Waals surface area (Å²) in [5, 5.41) is 10.6. The van der Waals surface area contributed by atoms with E-state index in [0.29, 0.717) is 18.9 Å². The fourth-order valence-corrected chi connectivity index (χ4v) is 3.36. The summed E-state index contributed by atoms with van der Waals surface area (Å²) in [7, 11) is 5.32. The zero-order valence-corrected chi connectivity index (χ0v) is 17.8. The van der Waals surface area contributed by atoms with E-state index in [2.05, 4.69) is 20.7 Å². The van der Waals surface area contributed by atoms with Crippen LogP contribution in [0.25, 0.3) is 5.69 Å². The van der Waals surface area contributed by atoms with E-state index in [1.807, 2.05) is 13.2 Å². The van der Waals surface area contributed by atoms with Crippen molar-refractivity contribution in [2.75, 3.05) is 27.7 Å². The second kappa shape index (κ2) is 9.16. The van der Waals surface area contributed by atoms with E-state index < -0.39 is 0 Å². The molecular formula is C18H24FIN6O. The monoisotopic (exact) mass is 486 g/mol. The number of nitrogens with zero attached hydrogens (tertiary/aromatic N) is 4. The zero-order valence-electron chi connectivity index (χ0n) is 15.5. The van der Waals surface area contributed by atoms with Crippen molar-refractivity contribution in [1.82, 2.24) is 25.3 Å². The summed E-state index contributed by atoms with van der Waals surface area (Å²) >= 11 is 0. The van der Waals surface area contributed by atoms with Gasteiger partial charge in [0.2, 0.25) is 5.91 Å². The number of amides is 1. The predicted molar refractivity (Wildman–Crippen MR) is 113 cm³/mol. The lowest BCUT2D eigenvalue weighted by Gasteiger charge is -2.24. The molecule has 1 saturated heterocycles. The number of guanidine groups is 1. The van der Waals surface area contributed by atoms with Gasteiger partial charge < -0.3 is 15.5 Å². The topological polar surface area (TPSA) is 74.6 Å².